The van der Waals surface area contributed by atoms with E-state index in [1.165, 1.54) is 0 Å². The predicted octanol–water partition coefficient (Wildman–Crippen LogP) is 0.717. The molecule has 3 aromatic rings. The molecular formula is C18H13BrMgO. The normalized spacial score (nSPS) is 9.33. The zero-order valence-electron chi connectivity index (χ0n) is 11.5. The largest absolute Gasteiger partial charge is 2.00 e. The molecule has 0 aliphatic carbocycles. The van der Waals surface area contributed by atoms with Gasteiger partial charge in [-0.1, -0.05) is 84.6 Å². The van der Waals surface area contributed by atoms with Crippen LogP contribution in [-0.4, -0.2) is 23.1 Å². The summed E-state index contributed by atoms with van der Waals surface area (Å²) in [6, 6.07) is 25.3. The SMILES string of the molecule is [Br-].[Mg+2].[O-]c1c(-c2ccccc2)cccc1-c1ccccc1. The summed E-state index contributed by atoms with van der Waals surface area (Å²) in [6.45, 7) is 0. The van der Waals surface area contributed by atoms with Crippen molar-refractivity contribution in [3.05, 3.63) is 78.9 Å². The molecule has 0 saturated carbocycles. The summed E-state index contributed by atoms with van der Waals surface area (Å²) in [5.74, 6) is 0.0832. The smallest absolute Gasteiger partial charge is 1.00 e. The maximum Gasteiger partial charge on any atom is 2.00 e. The maximum absolute atomic E-state index is 12.6. The molecule has 0 atom stereocenters. The summed E-state index contributed by atoms with van der Waals surface area (Å²) < 4.78 is 0. The van der Waals surface area contributed by atoms with E-state index >= 15 is 0 Å². The van der Waals surface area contributed by atoms with E-state index in [2.05, 4.69) is 0 Å². The molecule has 0 aliphatic heterocycles. The van der Waals surface area contributed by atoms with Crippen LogP contribution >= 0.6 is 0 Å². The summed E-state index contributed by atoms with van der Waals surface area (Å²) in [6.07, 6.45) is 0. The first-order valence-corrected chi connectivity index (χ1v) is 6.27. The van der Waals surface area contributed by atoms with Crippen LogP contribution in [0.2, 0.25) is 0 Å². The Morgan fingerprint density at radius 2 is 0.905 bits per heavy atom. The fourth-order valence-electron chi connectivity index (χ4n) is 2.23. The van der Waals surface area contributed by atoms with Crippen molar-refractivity contribution in [1.29, 1.82) is 0 Å². The van der Waals surface area contributed by atoms with Gasteiger partial charge in [-0.3, -0.25) is 0 Å². The monoisotopic (exact) mass is 348 g/mol. The maximum atomic E-state index is 12.6. The standard InChI is InChI=1S/C18H14O.BrH.Mg/c19-18-16(14-8-3-1-4-9-14)12-7-13-17(18)15-10-5-2-6-11-15;;/h1-13,19H;1H;/q;;+2/p-2. The van der Waals surface area contributed by atoms with Gasteiger partial charge in [0.1, 0.15) is 0 Å². The summed E-state index contributed by atoms with van der Waals surface area (Å²) in [5.41, 5.74) is 3.43. The van der Waals surface area contributed by atoms with Crippen LogP contribution in [0, 0.1) is 0 Å². The van der Waals surface area contributed by atoms with E-state index < -0.39 is 0 Å². The van der Waals surface area contributed by atoms with E-state index in [9.17, 15) is 5.11 Å². The van der Waals surface area contributed by atoms with Gasteiger partial charge in [0.05, 0.1) is 0 Å². The average Bonchev–Trinajstić information content (AvgIpc) is 2.49. The van der Waals surface area contributed by atoms with Gasteiger partial charge in [0, 0.05) is 0 Å². The molecule has 0 fully saturated rings. The average molecular weight is 350 g/mol. The Bertz CT molecular complexity index is 626. The molecule has 3 aromatic carbocycles. The van der Waals surface area contributed by atoms with Crippen molar-refractivity contribution in [2.24, 2.45) is 0 Å². The molecule has 0 N–H and O–H groups in total. The predicted molar refractivity (Wildman–Crippen MR) is 82.5 cm³/mol. The summed E-state index contributed by atoms with van der Waals surface area (Å²) in [5, 5.41) is 12.6. The van der Waals surface area contributed by atoms with Gasteiger partial charge in [0.2, 0.25) is 0 Å². The number of hydrogen-bond donors (Lipinski definition) is 0. The molecule has 0 bridgehead atoms. The molecule has 0 aromatic heterocycles. The molecule has 1 nitrogen and oxygen atoms in total. The van der Waals surface area contributed by atoms with Crippen molar-refractivity contribution < 1.29 is 22.1 Å². The Morgan fingerprint density at radius 3 is 1.29 bits per heavy atom. The molecule has 0 aliphatic rings. The van der Waals surface area contributed by atoms with Crippen molar-refractivity contribution in [3.63, 3.8) is 0 Å². The number of halogens is 1. The summed E-state index contributed by atoms with van der Waals surface area (Å²) >= 11 is 0. The Balaban J connectivity index is 0.00000110. The van der Waals surface area contributed by atoms with E-state index in [-0.39, 0.29) is 45.8 Å². The van der Waals surface area contributed by atoms with E-state index in [4.69, 9.17) is 0 Å². The molecule has 0 saturated heterocycles. The second kappa shape index (κ2) is 8.22. The molecule has 0 amide bonds. The van der Waals surface area contributed by atoms with E-state index in [1.807, 2.05) is 78.9 Å². The number of hydrogen-bond acceptors (Lipinski definition) is 1. The molecule has 21 heavy (non-hydrogen) atoms. The number of rotatable bonds is 2. The fourth-order valence-corrected chi connectivity index (χ4v) is 2.23. The second-order valence-corrected chi connectivity index (χ2v) is 4.41. The summed E-state index contributed by atoms with van der Waals surface area (Å²) in [7, 11) is 0. The van der Waals surface area contributed by atoms with Gasteiger partial charge in [-0.25, -0.2) is 0 Å². The Hall–Kier alpha value is -1.29. The minimum absolute atomic E-state index is 0. The van der Waals surface area contributed by atoms with Crippen LogP contribution in [0.3, 0.4) is 0 Å². The molecule has 0 radical (unpaired) electrons. The van der Waals surface area contributed by atoms with Crippen LogP contribution in [0.5, 0.6) is 5.75 Å². The van der Waals surface area contributed by atoms with Gasteiger partial charge < -0.3 is 22.1 Å². The zero-order chi connectivity index (χ0) is 13.1. The number of para-hydroxylation sites is 1. The molecule has 0 unspecified atom stereocenters. The first-order valence-electron chi connectivity index (χ1n) is 6.27. The van der Waals surface area contributed by atoms with Gasteiger partial charge in [-0.2, -0.15) is 0 Å². The summed E-state index contributed by atoms with van der Waals surface area (Å²) in [4.78, 5) is 0. The van der Waals surface area contributed by atoms with Crippen LogP contribution < -0.4 is 22.1 Å². The number of benzene rings is 3. The zero-order valence-corrected chi connectivity index (χ0v) is 14.5. The van der Waals surface area contributed by atoms with Crippen molar-refractivity contribution >= 4 is 23.1 Å². The van der Waals surface area contributed by atoms with E-state index in [1.54, 1.807) is 0 Å². The van der Waals surface area contributed by atoms with Gasteiger partial charge in [0.15, 0.2) is 0 Å². The van der Waals surface area contributed by atoms with Crippen LogP contribution in [0.1, 0.15) is 0 Å². The third-order valence-corrected chi connectivity index (χ3v) is 3.18. The van der Waals surface area contributed by atoms with E-state index in [0.29, 0.717) is 0 Å². The minimum Gasteiger partial charge on any atom is -1.00 e. The molecule has 0 heterocycles. The quantitative estimate of drug-likeness (QED) is 0.625. The van der Waals surface area contributed by atoms with Crippen molar-refractivity contribution in [2.45, 2.75) is 0 Å². The first kappa shape index (κ1) is 17.8. The Kier molecular flexibility index (Phi) is 6.95. The molecule has 3 heteroatoms. The van der Waals surface area contributed by atoms with Gasteiger partial charge in [-0.05, 0) is 22.3 Å². The van der Waals surface area contributed by atoms with Crippen LogP contribution in [0.25, 0.3) is 22.3 Å². The molecular weight excluding hydrogens is 336 g/mol. The van der Waals surface area contributed by atoms with Gasteiger partial charge in [-0.15, -0.1) is 0 Å². The van der Waals surface area contributed by atoms with Crippen molar-refractivity contribution in [1.82, 2.24) is 0 Å². The fraction of sp³-hybridized carbons (Fsp3) is 0. The Labute approximate surface area is 151 Å². The third kappa shape index (κ3) is 3.87. The first-order chi connectivity index (χ1) is 9.36. The second-order valence-electron chi connectivity index (χ2n) is 4.41. The van der Waals surface area contributed by atoms with Crippen LogP contribution in [0.4, 0.5) is 0 Å². The molecule has 100 valence electrons. The van der Waals surface area contributed by atoms with E-state index in [0.717, 1.165) is 22.3 Å². The van der Waals surface area contributed by atoms with Crippen LogP contribution in [-0.2, 0) is 0 Å². The molecule has 3 rings (SSSR count). The van der Waals surface area contributed by atoms with Gasteiger partial charge >= 0.3 is 23.1 Å². The Morgan fingerprint density at radius 1 is 0.524 bits per heavy atom. The third-order valence-electron chi connectivity index (χ3n) is 3.18. The van der Waals surface area contributed by atoms with Crippen molar-refractivity contribution in [2.75, 3.05) is 0 Å². The molecule has 0 spiro atoms. The van der Waals surface area contributed by atoms with Crippen LogP contribution in [0.15, 0.2) is 78.9 Å². The van der Waals surface area contributed by atoms with Gasteiger partial charge in [0.25, 0.3) is 0 Å². The topological polar surface area (TPSA) is 23.1 Å². The minimum atomic E-state index is 0. The van der Waals surface area contributed by atoms with Crippen molar-refractivity contribution in [3.8, 4) is 28.0 Å².